The second-order valence-electron chi connectivity index (χ2n) is 8.13. The molecule has 0 saturated carbocycles. The number of benzene rings is 1. The number of rotatable bonds is 5. The van der Waals surface area contributed by atoms with E-state index < -0.39 is 0 Å². The fourth-order valence-electron chi connectivity index (χ4n) is 4.67. The first-order valence-corrected chi connectivity index (χ1v) is 10.3. The van der Waals surface area contributed by atoms with Gasteiger partial charge in [0.1, 0.15) is 5.75 Å². The lowest BCUT2D eigenvalue weighted by atomic mass is 9.94. The zero-order valence-corrected chi connectivity index (χ0v) is 17.1. The molecule has 2 atom stereocenters. The van der Waals surface area contributed by atoms with Gasteiger partial charge >= 0.3 is 0 Å². The molecule has 1 aromatic heterocycles. The van der Waals surface area contributed by atoms with Crippen molar-refractivity contribution in [2.75, 3.05) is 26.7 Å². The number of amides is 1. The summed E-state index contributed by atoms with van der Waals surface area (Å²) in [4.78, 5) is 17.8. The van der Waals surface area contributed by atoms with Gasteiger partial charge in [-0.15, -0.1) is 0 Å². The Morgan fingerprint density at radius 3 is 2.68 bits per heavy atom. The number of methoxy groups -OCH3 is 1. The lowest BCUT2D eigenvalue weighted by molar-refractivity contribution is 0.0578. The van der Waals surface area contributed by atoms with Crippen LogP contribution in [0.4, 0.5) is 0 Å². The molecule has 2 unspecified atom stereocenters. The Morgan fingerprint density at radius 2 is 2.00 bits per heavy atom. The van der Waals surface area contributed by atoms with E-state index >= 15 is 0 Å². The number of aromatic amines is 1. The molecule has 5 rings (SSSR count). The second-order valence-corrected chi connectivity index (χ2v) is 8.13. The van der Waals surface area contributed by atoms with E-state index in [-0.39, 0.29) is 11.9 Å². The number of piperidine rings is 1. The van der Waals surface area contributed by atoms with Crippen molar-refractivity contribution < 1.29 is 9.53 Å². The van der Waals surface area contributed by atoms with Gasteiger partial charge in [0, 0.05) is 43.5 Å². The second kappa shape index (κ2) is 7.95. The highest BCUT2D eigenvalue weighted by Gasteiger charge is 2.38. The molecule has 0 spiro atoms. The predicted octanol–water partition coefficient (Wildman–Crippen LogP) is 3.03. The van der Waals surface area contributed by atoms with Crippen molar-refractivity contribution >= 4 is 5.91 Å². The molecule has 1 aromatic carbocycles. The van der Waals surface area contributed by atoms with Gasteiger partial charge in [-0.25, -0.2) is 0 Å². The normalized spacial score (nSPS) is 22.3. The molecule has 2 bridgehead atoms. The Kier molecular flexibility index (Phi) is 5.40. The molecule has 6 heteroatoms. The first-order valence-electron chi connectivity index (χ1n) is 10.3. The van der Waals surface area contributed by atoms with Gasteiger partial charge < -0.3 is 9.64 Å². The quantitative estimate of drug-likeness (QED) is 0.863. The minimum atomic E-state index is 0.0921. The minimum Gasteiger partial charge on any atom is -0.497 e. The van der Waals surface area contributed by atoms with Crippen molar-refractivity contribution in [1.29, 1.82) is 0 Å². The Labute approximate surface area is 166 Å². The standard InChI is InChI=1S/C22H30N4O2/c1-4-20-15(2)21(24-23-20)22(27)26-13-17-5-8-18(26)14-25(12-17)11-16-6-9-19(28-3)10-7-16/h6-7,9-10,17-18H,4-5,8,11-14H2,1-3H3,(H,23,24). The summed E-state index contributed by atoms with van der Waals surface area (Å²) >= 11 is 0. The van der Waals surface area contributed by atoms with Crippen LogP contribution in [0.2, 0.25) is 0 Å². The number of H-pyrrole nitrogens is 1. The number of carbonyl (C=O) groups excluding carboxylic acids is 1. The van der Waals surface area contributed by atoms with Gasteiger partial charge in [0.15, 0.2) is 5.69 Å². The monoisotopic (exact) mass is 382 g/mol. The van der Waals surface area contributed by atoms with Crippen LogP contribution in [0, 0.1) is 12.8 Å². The molecule has 1 amide bonds. The number of nitrogens with one attached hydrogen (secondary N) is 1. The molecule has 6 nitrogen and oxygen atoms in total. The van der Waals surface area contributed by atoms with Crippen molar-refractivity contribution in [3.63, 3.8) is 0 Å². The molecule has 3 saturated heterocycles. The fourth-order valence-corrected chi connectivity index (χ4v) is 4.67. The Hall–Kier alpha value is -2.34. The summed E-state index contributed by atoms with van der Waals surface area (Å²) in [5, 5.41) is 7.37. The number of ether oxygens (including phenoxy) is 1. The molecule has 4 heterocycles. The Balaban J connectivity index is 1.48. The maximum Gasteiger partial charge on any atom is 0.274 e. The van der Waals surface area contributed by atoms with Crippen molar-refractivity contribution in [2.45, 2.75) is 45.7 Å². The van der Waals surface area contributed by atoms with E-state index in [1.807, 2.05) is 19.1 Å². The van der Waals surface area contributed by atoms with Crippen molar-refractivity contribution in [2.24, 2.45) is 5.92 Å². The van der Waals surface area contributed by atoms with Crippen LogP contribution in [0.5, 0.6) is 5.75 Å². The number of aromatic nitrogens is 2. The van der Waals surface area contributed by atoms with E-state index in [0.717, 1.165) is 56.0 Å². The van der Waals surface area contributed by atoms with Crippen LogP contribution in [-0.2, 0) is 13.0 Å². The molecule has 2 aromatic rings. The Bertz CT molecular complexity index is 830. The number of nitrogens with zero attached hydrogens (tertiary/aromatic N) is 3. The van der Waals surface area contributed by atoms with Gasteiger partial charge in [0.05, 0.1) is 7.11 Å². The SMILES string of the molecule is CCc1[nH]nc(C(=O)N2CC3CCC2CN(Cc2ccc(OC)cc2)C3)c1C. The summed E-state index contributed by atoms with van der Waals surface area (Å²) in [6.07, 6.45) is 3.15. The number of hydrogen-bond donors (Lipinski definition) is 1. The highest BCUT2D eigenvalue weighted by atomic mass is 16.5. The summed E-state index contributed by atoms with van der Waals surface area (Å²) in [6, 6.07) is 8.57. The van der Waals surface area contributed by atoms with Gasteiger partial charge in [-0.2, -0.15) is 5.10 Å². The third-order valence-corrected chi connectivity index (χ3v) is 6.28. The first kappa shape index (κ1) is 19.0. The molecule has 1 N–H and O–H groups in total. The molecular formula is C22H30N4O2. The maximum atomic E-state index is 13.2. The van der Waals surface area contributed by atoms with Crippen LogP contribution in [0.3, 0.4) is 0 Å². The van der Waals surface area contributed by atoms with Crippen molar-refractivity contribution in [1.82, 2.24) is 20.0 Å². The molecule has 3 fully saturated rings. The molecule has 28 heavy (non-hydrogen) atoms. The third-order valence-electron chi connectivity index (χ3n) is 6.28. The number of hydrogen-bond acceptors (Lipinski definition) is 4. The van der Waals surface area contributed by atoms with Crippen LogP contribution >= 0.6 is 0 Å². The maximum absolute atomic E-state index is 13.2. The van der Waals surface area contributed by atoms with E-state index in [9.17, 15) is 4.79 Å². The van der Waals surface area contributed by atoms with Gasteiger partial charge in [-0.3, -0.25) is 14.8 Å². The van der Waals surface area contributed by atoms with E-state index in [1.165, 1.54) is 12.0 Å². The lowest BCUT2D eigenvalue weighted by Crippen LogP contribution is -2.47. The average molecular weight is 383 g/mol. The lowest BCUT2D eigenvalue weighted by Gasteiger charge is -2.36. The molecule has 3 aliphatic rings. The molecule has 0 aliphatic carbocycles. The molecule has 3 aliphatic heterocycles. The topological polar surface area (TPSA) is 61.5 Å². The number of fused-ring (bicyclic) bond motifs is 4. The Morgan fingerprint density at radius 1 is 1.21 bits per heavy atom. The highest BCUT2D eigenvalue weighted by molar-refractivity contribution is 5.94. The van der Waals surface area contributed by atoms with Gasteiger partial charge in [-0.05, 0) is 49.8 Å². The van der Waals surface area contributed by atoms with Crippen LogP contribution in [0.1, 0.15) is 47.1 Å². The van der Waals surface area contributed by atoms with Crippen molar-refractivity contribution in [3.05, 3.63) is 46.8 Å². The first-order chi connectivity index (χ1) is 13.6. The highest BCUT2D eigenvalue weighted by Crippen LogP contribution is 2.30. The summed E-state index contributed by atoms with van der Waals surface area (Å²) in [7, 11) is 1.69. The van der Waals surface area contributed by atoms with E-state index in [1.54, 1.807) is 7.11 Å². The van der Waals surface area contributed by atoms with Crippen LogP contribution in [0.15, 0.2) is 24.3 Å². The predicted molar refractivity (Wildman–Crippen MR) is 109 cm³/mol. The van der Waals surface area contributed by atoms with Crippen LogP contribution in [-0.4, -0.2) is 58.7 Å². The average Bonchev–Trinajstić information content (AvgIpc) is 2.87. The van der Waals surface area contributed by atoms with Crippen LogP contribution < -0.4 is 4.74 Å². The van der Waals surface area contributed by atoms with Gasteiger partial charge in [-0.1, -0.05) is 19.1 Å². The van der Waals surface area contributed by atoms with E-state index in [2.05, 4.69) is 39.1 Å². The van der Waals surface area contributed by atoms with Gasteiger partial charge in [0.25, 0.3) is 5.91 Å². The van der Waals surface area contributed by atoms with Gasteiger partial charge in [0.2, 0.25) is 0 Å². The molecule has 0 radical (unpaired) electrons. The zero-order valence-electron chi connectivity index (χ0n) is 17.1. The summed E-state index contributed by atoms with van der Waals surface area (Å²) < 4.78 is 5.26. The smallest absolute Gasteiger partial charge is 0.274 e. The van der Waals surface area contributed by atoms with Crippen LogP contribution in [0.25, 0.3) is 0 Å². The van der Waals surface area contributed by atoms with E-state index in [0.29, 0.717) is 11.6 Å². The minimum absolute atomic E-state index is 0.0921. The summed E-state index contributed by atoms with van der Waals surface area (Å²) in [6.45, 7) is 7.82. The molecular weight excluding hydrogens is 352 g/mol. The third kappa shape index (κ3) is 3.65. The van der Waals surface area contributed by atoms with Crippen molar-refractivity contribution in [3.8, 4) is 5.75 Å². The zero-order chi connectivity index (χ0) is 19.7. The number of carbonyl (C=O) groups is 1. The van der Waals surface area contributed by atoms with E-state index in [4.69, 9.17) is 4.74 Å². The number of aryl methyl sites for hydroxylation is 1. The summed E-state index contributed by atoms with van der Waals surface area (Å²) in [5.41, 5.74) is 3.95. The molecule has 150 valence electrons. The fraction of sp³-hybridized carbons (Fsp3) is 0.545. The summed E-state index contributed by atoms with van der Waals surface area (Å²) in [5.74, 6) is 1.51. The largest absolute Gasteiger partial charge is 0.497 e.